The van der Waals surface area contributed by atoms with Crippen LogP contribution in [0, 0.1) is 5.92 Å². The number of nitrogens with two attached hydrogens (primary N) is 1. The highest BCUT2D eigenvalue weighted by atomic mass is 16.5. The highest BCUT2D eigenvalue weighted by Gasteiger charge is 2.19. The third kappa shape index (κ3) is 3.14. The van der Waals surface area contributed by atoms with E-state index in [0.29, 0.717) is 6.54 Å². The Morgan fingerprint density at radius 1 is 1.71 bits per heavy atom. The summed E-state index contributed by atoms with van der Waals surface area (Å²) in [4.78, 5) is 11.8. The molecule has 0 aliphatic carbocycles. The molecule has 1 aliphatic heterocycles. The van der Waals surface area contributed by atoms with Crippen LogP contribution in [0.2, 0.25) is 0 Å². The van der Waals surface area contributed by atoms with E-state index in [1.165, 1.54) is 0 Å². The Labute approximate surface area is 85.3 Å². The fraction of sp³-hybridized carbons (Fsp3) is 0.727. The van der Waals surface area contributed by atoms with Crippen LogP contribution in [0.15, 0.2) is 11.8 Å². The zero-order valence-electron chi connectivity index (χ0n) is 8.79. The average molecular weight is 197 g/mol. The SMILES string of the molecule is CC(CCCN)C(=O)C1=COCCC1. The Morgan fingerprint density at radius 2 is 2.50 bits per heavy atom. The summed E-state index contributed by atoms with van der Waals surface area (Å²) in [6.45, 7) is 3.37. The van der Waals surface area contributed by atoms with Gasteiger partial charge in [-0.3, -0.25) is 4.79 Å². The second-order valence-corrected chi connectivity index (χ2v) is 3.81. The van der Waals surface area contributed by atoms with Crippen molar-refractivity contribution in [1.29, 1.82) is 0 Å². The van der Waals surface area contributed by atoms with Crippen LogP contribution in [0.5, 0.6) is 0 Å². The van der Waals surface area contributed by atoms with E-state index in [4.69, 9.17) is 10.5 Å². The maximum Gasteiger partial charge on any atom is 0.164 e. The van der Waals surface area contributed by atoms with Crippen LogP contribution in [0.4, 0.5) is 0 Å². The van der Waals surface area contributed by atoms with Crippen LogP contribution < -0.4 is 5.73 Å². The molecule has 1 heterocycles. The number of ether oxygens (including phenoxy) is 1. The third-order valence-corrected chi connectivity index (χ3v) is 2.54. The van der Waals surface area contributed by atoms with E-state index in [1.807, 2.05) is 6.92 Å². The minimum atomic E-state index is 0.0894. The number of rotatable bonds is 5. The zero-order valence-corrected chi connectivity index (χ0v) is 8.79. The fourth-order valence-corrected chi connectivity index (χ4v) is 1.62. The smallest absolute Gasteiger partial charge is 0.164 e. The zero-order chi connectivity index (χ0) is 10.4. The van der Waals surface area contributed by atoms with Crippen molar-refractivity contribution < 1.29 is 9.53 Å². The average Bonchev–Trinajstić information content (AvgIpc) is 2.26. The molecule has 1 atom stereocenters. The molecular formula is C11H19NO2. The third-order valence-electron chi connectivity index (χ3n) is 2.54. The molecule has 0 aromatic heterocycles. The first-order valence-electron chi connectivity index (χ1n) is 5.30. The molecule has 0 aromatic carbocycles. The first kappa shape index (κ1) is 11.2. The minimum absolute atomic E-state index is 0.0894. The molecule has 3 heteroatoms. The predicted molar refractivity (Wildman–Crippen MR) is 55.7 cm³/mol. The van der Waals surface area contributed by atoms with Crippen molar-refractivity contribution in [3.05, 3.63) is 11.8 Å². The lowest BCUT2D eigenvalue weighted by atomic mass is 9.93. The topological polar surface area (TPSA) is 52.3 Å². The molecular weight excluding hydrogens is 178 g/mol. The van der Waals surface area contributed by atoms with Crippen LogP contribution in [0.3, 0.4) is 0 Å². The van der Waals surface area contributed by atoms with E-state index in [1.54, 1.807) is 6.26 Å². The maximum atomic E-state index is 11.8. The second-order valence-electron chi connectivity index (χ2n) is 3.81. The Morgan fingerprint density at radius 3 is 3.07 bits per heavy atom. The summed E-state index contributed by atoms with van der Waals surface area (Å²) in [5, 5.41) is 0. The van der Waals surface area contributed by atoms with Gasteiger partial charge in [0, 0.05) is 11.5 Å². The fourth-order valence-electron chi connectivity index (χ4n) is 1.62. The van der Waals surface area contributed by atoms with Gasteiger partial charge < -0.3 is 10.5 Å². The number of hydrogen-bond acceptors (Lipinski definition) is 3. The van der Waals surface area contributed by atoms with Crippen LogP contribution in [-0.4, -0.2) is 18.9 Å². The molecule has 80 valence electrons. The Bertz CT molecular complexity index is 223. The van der Waals surface area contributed by atoms with Gasteiger partial charge in [-0.2, -0.15) is 0 Å². The van der Waals surface area contributed by atoms with Crippen molar-refractivity contribution >= 4 is 5.78 Å². The van der Waals surface area contributed by atoms with E-state index in [9.17, 15) is 4.79 Å². The molecule has 0 aromatic rings. The van der Waals surface area contributed by atoms with E-state index >= 15 is 0 Å². The molecule has 0 saturated heterocycles. The number of allylic oxidation sites excluding steroid dienone is 1. The van der Waals surface area contributed by atoms with E-state index in [0.717, 1.165) is 37.9 Å². The number of hydrogen-bond donors (Lipinski definition) is 1. The standard InChI is InChI=1S/C11H19NO2/c1-9(4-2-6-12)11(13)10-5-3-7-14-8-10/h8-9H,2-7,12H2,1H3. The predicted octanol–water partition coefficient (Wildman–Crippen LogP) is 1.62. The lowest BCUT2D eigenvalue weighted by Crippen LogP contribution is -2.17. The van der Waals surface area contributed by atoms with Crippen LogP contribution >= 0.6 is 0 Å². The van der Waals surface area contributed by atoms with Gasteiger partial charge in [0.15, 0.2) is 5.78 Å². The summed E-state index contributed by atoms with van der Waals surface area (Å²) < 4.78 is 5.15. The lowest BCUT2D eigenvalue weighted by Gasteiger charge is -2.16. The monoisotopic (exact) mass is 197 g/mol. The van der Waals surface area contributed by atoms with E-state index in [2.05, 4.69) is 0 Å². The highest BCUT2D eigenvalue weighted by molar-refractivity contribution is 5.96. The summed E-state index contributed by atoms with van der Waals surface area (Å²) in [7, 11) is 0. The summed E-state index contributed by atoms with van der Waals surface area (Å²) in [5.41, 5.74) is 6.25. The molecule has 0 spiro atoms. The normalized spacial score (nSPS) is 18.3. The molecule has 3 nitrogen and oxygen atoms in total. The Kier molecular flexibility index (Phi) is 4.66. The second kappa shape index (κ2) is 5.81. The van der Waals surface area contributed by atoms with Crippen molar-refractivity contribution in [2.24, 2.45) is 11.7 Å². The van der Waals surface area contributed by atoms with Gasteiger partial charge in [0.05, 0.1) is 12.9 Å². The van der Waals surface area contributed by atoms with Crippen molar-refractivity contribution in [2.75, 3.05) is 13.2 Å². The minimum Gasteiger partial charge on any atom is -0.501 e. The van der Waals surface area contributed by atoms with Gasteiger partial charge in [0.1, 0.15) is 0 Å². The molecule has 1 aliphatic rings. The number of carbonyl (C=O) groups is 1. The molecule has 2 N–H and O–H groups in total. The van der Waals surface area contributed by atoms with Crippen molar-refractivity contribution in [3.63, 3.8) is 0 Å². The first-order valence-corrected chi connectivity index (χ1v) is 5.30. The summed E-state index contributed by atoms with van der Waals surface area (Å²) in [6, 6.07) is 0. The Balaban J connectivity index is 2.42. The molecule has 0 radical (unpaired) electrons. The molecule has 1 unspecified atom stereocenters. The van der Waals surface area contributed by atoms with Crippen molar-refractivity contribution in [2.45, 2.75) is 32.6 Å². The van der Waals surface area contributed by atoms with Gasteiger partial charge in [-0.05, 0) is 32.2 Å². The van der Waals surface area contributed by atoms with Crippen molar-refractivity contribution in [1.82, 2.24) is 0 Å². The number of Topliss-reactive ketones (excluding diaryl/α,β-unsaturated/α-hetero) is 1. The molecule has 14 heavy (non-hydrogen) atoms. The lowest BCUT2D eigenvalue weighted by molar-refractivity contribution is -0.119. The maximum absolute atomic E-state index is 11.8. The Hall–Kier alpha value is -0.830. The molecule has 0 fully saturated rings. The van der Waals surface area contributed by atoms with E-state index in [-0.39, 0.29) is 11.7 Å². The molecule has 0 saturated carbocycles. The number of carbonyl (C=O) groups excluding carboxylic acids is 1. The van der Waals surface area contributed by atoms with Crippen LogP contribution in [-0.2, 0) is 9.53 Å². The highest BCUT2D eigenvalue weighted by Crippen LogP contribution is 2.19. The largest absolute Gasteiger partial charge is 0.501 e. The molecule has 0 bridgehead atoms. The van der Waals surface area contributed by atoms with Gasteiger partial charge >= 0.3 is 0 Å². The summed E-state index contributed by atoms with van der Waals surface area (Å²) in [5.74, 6) is 0.324. The van der Waals surface area contributed by atoms with Crippen LogP contribution in [0.25, 0.3) is 0 Å². The number of ketones is 1. The van der Waals surface area contributed by atoms with Crippen molar-refractivity contribution in [3.8, 4) is 0 Å². The van der Waals surface area contributed by atoms with Gasteiger partial charge in [0.2, 0.25) is 0 Å². The molecule has 0 amide bonds. The molecule has 1 rings (SSSR count). The quantitative estimate of drug-likeness (QED) is 0.728. The van der Waals surface area contributed by atoms with Gasteiger partial charge in [-0.25, -0.2) is 0 Å². The first-order chi connectivity index (χ1) is 6.75. The van der Waals surface area contributed by atoms with Gasteiger partial charge in [0.25, 0.3) is 0 Å². The van der Waals surface area contributed by atoms with Gasteiger partial charge in [-0.15, -0.1) is 0 Å². The van der Waals surface area contributed by atoms with E-state index < -0.39 is 0 Å². The summed E-state index contributed by atoms with van der Waals surface area (Å²) in [6.07, 6.45) is 5.26. The van der Waals surface area contributed by atoms with Crippen LogP contribution in [0.1, 0.15) is 32.6 Å². The van der Waals surface area contributed by atoms with Gasteiger partial charge in [-0.1, -0.05) is 6.92 Å². The summed E-state index contributed by atoms with van der Waals surface area (Å²) >= 11 is 0.